The predicted molar refractivity (Wildman–Crippen MR) is 91.9 cm³/mol. The molecule has 0 radical (unpaired) electrons. The molecule has 0 aromatic heterocycles. The molecule has 4 nitrogen and oxygen atoms in total. The van der Waals surface area contributed by atoms with Crippen molar-refractivity contribution in [2.24, 2.45) is 0 Å². The fraction of sp³-hybridized carbons (Fsp3) is 0.600. The van der Waals surface area contributed by atoms with Gasteiger partial charge in [0, 0.05) is 36.0 Å². The van der Waals surface area contributed by atoms with Gasteiger partial charge >= 0.3 is 0 Å². The van der Waals surface area contributed by atoms with Crippen LogP contribution in [0.1, 0.15) is 18.1 Å². The molecule has 0 spiro atoms. The maximum Gasteiger partial charge on any atom is 0.171 e. The van der Waals surface area contributed by atoms with E-state index in [1.54, 1.807) is 18.7 Å². The number of aryl methyl sites for hydroxylation is 1. The molecule has 1 heterocycles. The summed E-state index contributed by atoms with van der Waals surface area (Å²) in [6.07, 6.45) is 0. The molecule has 1 aromatic rings. The van der Waals surface area contributed by atoms with Crippen LogP contribution in [0.4, 0.5) is 5.69 Å². The monoisotopic (exact) mass is 328 g/mol. The van der Waals surface area contributed by atoms with Gasteiger partial charge < -0.3 is 10.2 Å². The molecule has 0 bridgehead atoms. The smallest absolute Gasteiger partial charge is 0.171 e. The molecule has 0 aliphatic carbocycles. The third-order valence-corrected chi connectivity index (χ3v) is 7.22. The maximum atomic E-state index is 12.3. The van der Waals surface area contributed by atoms with Gasteiger partial charge in [-0.3, -0.25) is 0 Å². The Kier molecular flexibility index (Phi) is 5.57. The van der Waals surface area contributed by atoms with Crippen molar-refractivity contribution >= 4 is 27.3 Å². The molecule has 1 unspecified atom stereocenters. The van der Waals surface area contributed by atoms with Crippen molar-refractivity contribution in [2.45, 2.75) is 25.8 Å². The van der Waals surface area contributed by atoms with Crippen molar-refractivity contribution in [3.8, 4) is 0 Å². The molecule has 0 amide bonds. The minimum atomic E-state index is -3.06. The van der Waals surface area contributed by atoms with Crippen molar-refractivity contribution < 1.29 is 8.42 Å². The standard InChI is InChI=1S/C15H24N2O2S2/c1-4-21(18,19)15-11-20-8-7-17(15)14-6-5-13(10-16-3)12(2)9-14/h5-6,9,15-16H,4,7-8,10-11H2,1-3H3. The summed E-state index contributed by atoms with van der Waals surface area (Å²) in [5, 5.41) is 2.76. The summed E-state index contributed by atoms with van der Waals surface area (Å²) in [5.74, 6) is 1.84. The van der Waals surface area contributed by atoms with Crippen LogP contribution >= 0.6 is 11.8 Å². The molecule has 1 aromatic carbocycles. The first-order valence-electron chi connectivity index (χ1n) is 7.29. The number of benzene rings is 1. The van der Waals surface area contributed by atoms with E-state index in [0.29, 0.717) is 5.75 Å². The van der Waals surface area contributed by atoms with E-state index < -0.39 is 15.2 Å². The Morgan fingerprint density at radius 1 is 1.43 bits per heavy atom. The maximum absolute atomic E-state index is 12.3. The Bertz CT molecular complexity index is 587. The van der Waals surface area contributed by atoms with E-state index in [2.05, 4.69) is 29.3 Å². The number of hydrogen-bond donors (Lipinski definition) is 1. The zero-order valence-corrected chi connectivity index (χ0v) is 14.6. The molecule has 0 saturated carbocycles. The van der Waals surface area contributed by atoms with Gasteiger partial charge in [-0.15, -0.1) is 0 Å². The van der Waals surface area contributed by atoms with Gasteiger partial charge in [0.05, 0.1) is 0 Å². The van der Waals surface area contributed by atoms with E-state index in [1.165, 1.54) is 11.1 Å². The van der Waals surface area contributed by atoms with Crippen LogP contribution in [0.25, 0.3) is 0 Å². The van der Waals surface area contributed by atoms with Crippen LogP contribution in [0.3, 0.4) is 0 Å². The molecule has 2 rings (SSSR count). The first kappa shape index (κ1) is 16.6. The van der Waals surface area contributed by atoms with E-state index in [-0.39, 0.29) is 5.75 Å². The number of anilines is 1. The number of hydrogen-bond acceptors (Lipinski definition) is 5. The van der Waals surface area contributed by atoms with Crippen LogP contribution in [-0.4, -0.2) is 44.6 Å². The number of rotatable bonds is 5. The SMILES string of the molecule is CCS(=O)(=O)C1CSCCN1c1ccc(CNC)c(C)c1. The van der Waals surface area contributed by atoms with E-state index >= 15 is 0 Å². The Balaban J connectivity index is 2.32. The van der Waals surface area contributed by atoms with Gasteiger partial charge in [0.25, 0.3) is 0 Å². The second-order valence-corrected chi connectivity index (χ2v) is 8.91. The zero-order valence-electron chi connectivity index (χ0n) is 12.9. The van der Waals surface area contributed by atoms with E-state index in [4.69, 9.17) is 0 Å². The van der Waals surface area contributed by atoms with Gasteiger partial charge in [-0.2, -0.15) is 11.8 Å². The lowest BCUT2D eigenvalue weighted by molar-refractivity contribution is 0.579. The largest absolute Gasteiger partial charge is 0.353 e. The fourth-order valence-electron chi connectivity index (χ4n) is 2.61. The zero-order chi connectivity index (χ0) is 15.5. The Morgan fingerprint density at radius 3 is 2.81 bits per heavy atom. The lowest BCUT2D eigenvalue weighted by Crippen LogP contribution is -2.48. The van der Waals surface area contributed by atoms with Crippen LogP contribution in [0.15, 0.2) is 18.2 Å². The average molecular weight is 329 g/mol. The molecule has 1 aliphatic heterocycles. The molecule has 6 heteroatoms. The molecular weight excluding hydrogens is 304 g/mol. The second kappa shape index (κ2) is 7.03. The predicted octanol–water partition coefficient (Wildman–Crippen LogP) is 2.03. The van der Waals surface area contributed by atoms with Crippen LogP contribution in [0, 0.1) is 6.92 Å². The number of thioether (sulfide) groups is 1. The summed E-state index contributed by atoms with van der Waals surface area (Å²) >= 11 is 1.73. The second-order valence-electron chi connectivity index (χ2n) is 5.32. The average Bonchev–Trinajstić information content (AvgIpc) is 2.49. The molecule has 1 fully saturated rings. The number of nitrogens with one attached hydrogen (secondary N) is 1. The molecule has 1 atom stereocenters. The molecule has 118 valence electrons. The summed E-state index contributed by atoms with van der Waals surface area (Å²) < 4.78 is 24.7. The van der Waals surface area contributed by atoms with E-state index in [0.717, 1.165) is 24.5 Å². The Hall–Kier alpha value is -0.720. The first-order chi connectivity index (χ1) is 9.99. The fourth-order valence-corrected chi connectivity index (χ4v) is 5.61. The van der Waals surface area contributed by atoms with Crippen LogP contribution in [-0.2, 0) is 16.4 Å². The van der Waals surface area contributed by atoms with Gasteiger partial charge in [-0.1, -0.05) is 13.0 Å². The first-order valence-corrected chi connectivity index (χ1v) is 10.2. The van der Waals surface area contributed by atoms with Crippen molar-refractivity contribution in [3.63, 3.8) is 0 Å². The summed E-state index contributed by atoms with van der Waals surface area (Å²) in [5.41, 5.74) is 3.48. The van der Waals surface area contributed by atoms with Crippen LogP contribution in [0.2, 0.25) is 0 Å². The van der Waals surface area contributed by atoms with E-state index in [1.807, 2.05) is 13.1 Å². The van der Waals surface area contributed by atoms with Gasteiger partial charge in [0.15, 0.2) is 9.84 Å². The van der Waals surface area contributed by atoms with Gasteiger partial charge in [-0.05, 0) is 37.2 Å². The minimum Gasteiger partial charge on any atom is -0.353 e. The van der Waals surface area contributed by atoms with Crippen molar-refractivity contribution in [2.75, 3.05) is 35.8 Å². The highest BCUT2D eigenvalue weighted by Crippen LogP contribution is 2.28. The third-order valence-electron chi connectivity index (χ3n) is 3.93. The lowest BCUT2D eigenvalue weighted by atomic mass is 10.1. The van der Waals surface area contributed by atoms with Crippen molar-refractivity contribution in [1.29, 1.82) is 0 Å². The van der Waals surface area contributed by atoms with Crippen LogP contribution < -0.4 is 10.2 Å². The van der Waals surface area contributed by atoms with Crippen LogP contribution in [0.5, 0.6) is 0 Å². The highest BCUT2D eigenvalue weighted by atomic mass is 32.2. The van der Waals surface area contributed by atoms with Crippen molar-refractivity contribution in [3.05, 3.63) is 29.3 Å². The number of sulfone groups is 1. The summed E-state index contributed by atoms with van der Waals surface area (Å²) in [4.78, 5) is 2.06. The minimum absolute atomic E-state index is 0.200. The van der Waals surface area contributed by atoms with E-state index in [9.17, 15) is 8.42 Å². The molecule has 21 heavy (non-hydrogen) atoms. The molecule has 1 saturated heterocycles. The highest BCUT2D eigenvalue weighted by molar-refractivity contribution is 8.01. The lowest BCUT2D eigenvalue weighted by Gasteiger charge is -2.36. The third kappa shape index (κ3) is 3.73. The summed E-state index contributed by atoms with van der Waals surface area (Å²) in [6.45, 7) is 5.43. The van der Waals surface area contributed by atoms with Gasteiger partial charge in [0.2, 0.25) is 0 Å². The molecule has 1 N–H and O–H groups in total. The quantitative estimate of drug-likeness (QED) is 0.896. The highest BCUT2D eigenvalue weighted by Gasteiger charge is 2.33. The number of nitrogens with zero attached hydrogens (tertiary/aromatic N) is 1. The molecular formula is C15H24N2O2S2. The Labute approximate surface area is 132 Å². The Morgan fingerprint density at radius 2 is 2.19 bits per heavy atom. The normalized spacial score (nSPS) is 19.8. The summed E-state index contributed by atoms with van der Waals surface area (Å²) in [7, 11) is -1.13. The van der Waals surface area contributed by atoms with Gasteiger partial charge in [-0.25, -0.2) is 8.42 Å². The summed E-state index contributed by atoms with van der Waals surface area (Å²) in [6, 6.07) is 6.26. The topological polar surface area (TPSA) is 49.4 Å². The molecule has 1 aliphatic rings. The van der Waals surface area contributed by atoms with Crippen molar-refractivity contribution in [1.82, 2.24) is 5.32 Å². The van der Waals surface area contributed by atoms with Gasteiger partial charge in [0.1, 0.15) is 5.37 Å².